The van der Waals surface area contributed by atoms with Gasteiger partial charge in [0, 0.05) is 54.9 Å². The SMILES string of the molecule is CN1C(=O)CCc2cc(C(=O)NCC3(c4ccc(Cl)cc4)CCOCC3)ccc21. The van der Waals surface area contributed by atoms with Crippen molar-refractivity contribution < 1.29 is 14.3 Å². The summed E-state index contributed by atoms with van der Waals surface area (Å²) < 4.78 is 5.57. The monoisotopic (exact) mass is 412 g/mol. The van der Waals surface area contributed by atoms with Crippen molar-refractivity contribution in [2.75, 3.05) is 31.7 Å². The molecule has 0 spiro atoms. The number of anilines is 1. The van der Waals surface area contributed by atoms with E-state index in [-0.39, 0.29) is 17.2 Å². The van der Waals surface area contributed by atoms with Crippen LogP contribution in [0.5, 0.6) is 0 Å². The molecule has 0 saturated carbocycles. The zero-order chi connectivity index (χ0) is 20.4. The Labute approximate surface area is 176 Å². The number of amides is 2. The third-order valence-electron chi connectivity index (χ3n) is 6.18. The second-order valence-electron chi connectivity index (χ2n) is 7.88. The van der Waals surface area contributed by atoms with E-state index in [0.29, 0.717) is 43.2 Å². The standard InChI is InChI=1S/C23H25ClN2O3/c1-26-20-8-2-17(14-16(20)3-9-21(26)27)22(28)25-15-23(10-12-29-13-11-23)18-4-6-19(24)7-5-18/h2,4-8,14H,3,9-13,15H2,1H3,(H,25,28). The van der Waals surface area contributed by atoms with Gasteiger partial charge in [-0.1, -0.05) is 23.7 Å². The minimum atomic E-state index is -0.153. The van der Waals surface area contributed by atoms with Crippen molar-refractivity contribution in [2.24, 2.45) is 0 Å². The lowest BCUT2D eigenvalue weighted by molar-refractivity contribution is -0.118. The molecule has 29 heavy (non-hydrogen) atoms. The van der Waals surface area contributed by atoms with Crippen LogP contribution in [0.3, 0.4) is 0 Å². The largest absolute Gasteiger partial charge is 0.381 e. The van der Waals surface area contributed by atoms with Gasteiger partial charge in [-0.2, -0.15) is 0 Å². The number of carbonyl (C=O) groups is 2. The fourth-order valence-corrected chi connectivity index (χ4v) is 4.41. The van der Waals surface area contributed by atoms with Crippen molar-refractivity contribution in [3.63, 3.8) is 0 Å². The Balaban J connectivity index is 1.51. The average molecular weight is 413 g/mol. The lowest BCUT2D eigenvalue weighted by Crippen LogP contribution is -2.44. The van der Waals surface area contributed by atoms with Gasteiger partial charge >= 0.3 is 0 Å². The van der Waals surface area contributed by atoms with Gasteiger partial charge in [0.05, 0.1) is 0 Å². The van der Waals surface area contributed by atoms with E-state index in [0.717, 1.165) is 24.1 Å². The van der Waals surface area contributed by atoms with E-state index in [9.17, 15) is 9.59 Å². The van der Waals surface area contributed by atoms with Crippen LogP contribution in [0.2, 0.25) is 5.02 Å². The molecule has 0 aromatic heterocycles. The van der Waals surface area contributed by atoms with Crippen molar-refractivity contribution in [3.8, 4) is 0 Å². The van der Waals surface area contributed by atoms with E-state index in [4.69, 9.17) is 16.3 Å². The summed E-state index contributed by atoms with van der Waals surface area (Å²) in [6.45, 7) is 1.90. The fourth-order valence-electron chi connectivity index (χ4n) is 4.28. The highest BCUT2D eigenvalue weighted by Gasteiger charge is 2.35. The maximum Gasteiger partial charge on any atom is 0.251 e. The highest BCUT2D eigenvalue weighted by molar-refractivity contribution is 6.30. The van der Waals surface area contributed by atoms with E-state index in [2.05, 4.69) is 5.32 Å². The Hall–Kier alpha value is -2.37. The van der Waals surface area contributed by atoms with Gasteiger partial charge in [0.15, 0.2) is 0 Å². The number of rotatable bonds is 4. The number of carbonyl (C=O) groups excluding carboxylic acids is 2. The first-order valence-electron chi connectivity index (χ1n) is 10.00. The molecule has 0 unspecified atom stereocenters. The molecule has 2 aliphatic rings. The molecule has 1 fully saturated rings. The molecule has 152 valence electrons. The Morgan fingerprint density at radius 2 is 1.86 bits per heavy atom. The molecule has 2 aromatic carbocycles. The molecule has 0 radical (unpaired) electrons. The Bertz CT molecular complexity index is 920. The molecule has 4 rings (SSSR count). The molecular weight excluding hydrogens is 388 g/mol. The van der Waals surface area contributed by atoms with E-state index in [1.54, 1.807) is 18.0 Å². The first-order chi connectivity index (χ1) is 14.0. The van der Waals surface area contributed by atoms with Crippen LogP contribution < -0.4 is 10.2 Å². The summed E-state index contributed by atoms with van der Waals surface area (Å²) >= 11 is 6.06. The minimum Gasteiger partial charge on any atom is -0.381 e. The molecular formula is C23H25ClN2O3. The summed E-state index contributed by atoms with van der Waals surface area (Å²) in [6, 6.07) is 13.5. The van der Waals surface area contributed by atoms with Crippen LogP contribution >= 0.6 is 11.6 Å². The normalized spacial score (nSPS) is 18.3. The summed E-state index contributed by atoms with van der Waals surface area (Å²) in [5.74, 6) is 0.0197. The van der Waals surface area contributed by atoms with E-state index in [1.165, 1.54) is 5.56 Å². The van der Waals surface area contributed by atoms with Crippen LogP contribution in [0, 0.1) is 0 Å². The fraction of sp³-hybridized carbons (Fsp3) is 0.391. The van der Waals surface area contributed by atoms with Gasteiger partial charge in [-0.15, -0.1) is 0 Å². The molecule has 2 heterocycles. The third kappa shape index (κ3) is 4.02. The highest BCUT2D eigenvalue weighted by atomic mass is 35.5. The van der Waals surface area contributed by atoms with Crippen LogP contribution in [0.15, 0.2) is 42.5 Å². The first kappa shape index (κ1) is 19.9. The summed E-state index contributed by atoms with van der Waals surface area (Å²) in [7, 11) is 1.78. The van der Waals surface area contributed by atoms with Gasteiger partial charge < -0.3 is 15.0 Å². The van der Waals surface area contributed by atoms with Crippen molar-refractivity contribution >= 4 is 29.1 Å². The number of aryl methyl sites for hydroxylation is 1. The lowest BCUT2D eigenvalue weighted by atomic mass is 9.74. The van der Waals surface area contributed by atoms with Crippen molar-refractivity contribution in [3.05, 3.63) is 64.2 Å². The molecule has 2 amide bonds. The molecule has 1 N–H and O–H groups in total. The lowest BCUT2D eigenvalue weighted by Gasteiger charge is -2.38. The maximum atomic E-state index is 12.9. The second kappa shape index (κ2) is 8.17. The van der Waals surface area contributed by atoms with Gasteiger partial charge in [-0.25, -0.2) is 0 Å². The molecule has 0 atom stereocenters. The smallest absolute Gasteiger partial charge is 0.251 e. The summed E-state index contributed by atoms with van der Waals surface area (Å²) in [5.41, 5.74) is 3.58. The predicted molar refractivity (Wildman–Crippen MR) is 114 cm³/mol. The Morgan fingerprint density at radius 1 is 1.14 bits per heavy atom. The van der Waals surface area contributed by atoms with Crippen molar-refractivity contribution in [1.29, 1.82) is 0 Å². The van der Waals surface area contributed by atoms with Crippen molar-refractivity contribution in [1.82, 2.24) is 5.32 Å². The molecule has 0 bridgehead atoms. The molecule has 2 aromatic rings. The van der Waals surface area contributed by atoms with Gasteiger partial charge in [-0.3, -0.25) is 9.59 Å². The van der Waals surface area contributed by atoms with Gasteiger partial charge in [-0.05, 0) is 60.7 Å². The number of halogens is 1. The van der Waals surface area contributed by atoms with E-state index >= 15 is 0 Å². The number of hydrogen-bond acceptors (Lipinski definition) is 3. The average Bonchev–Trinajstić information content (AvgIpc) is 2.75. The number of nitrogens with one attached hydrogen (secondary N) is 1. The van der Waals surface area contributed by atoms with E-state index < -0.39 is 0 Å². The minimum absolute atomic E-state index is 0.0906. The Kier molecular flexibility index (Phi) is 5.61. The highest BCUT2D eigenvalue weighted by Crippen LogP contribution is 2.35. The predicted octanol–water partition coefficient (Wildman–Crippen LogP) is 3.73. The maximum absolute atomic E-state index is 12.9. The van der Waals surface area contributed by atoms with Crippen LogP contribution in [-0.2, 0) is 21.4 Å². The molecule has 6 heteroatoms. The molecule has 5 nitrogen and oxygen atoms in total. The number of hydrogen-bond donors (Lipinski definition) is 1. The second-order valence-corrected chi connectivity index (χ2v) is 8.31. The number of benzene rings is 2. The molecule has 0 aliphatic carbocycles. The third-order valence-corrected chi connectivity index (χ3v) is 6.43. The van der Waals surface area contributed by atoms with Crippen LogP contribution in [0.4, 0.5) is 5.69 Å². The summed E-state index contributed by atoms with van der Waals surface area (Å²) in [6.07, 6.45) is 2.86. The Morgan fingerprint density at radius 3 is 2.59 bits per heavy atom. The van der Waals surface area contributed by atoms with Gasteiger partial charge in [0.1, 0.15) is 0 Å². The summed E-state index contributed by atoms with van der Waals surface area (Å²) in [5, 5.41) is 3.85. The van der Waals surface area contributed by atoms with E-state index in [1.807, 2.05) is 36.4 Å². The van der Waals surface area contributed by atoms with Crippen LogP contribution in [-0.4, -0.2) is 38.6 Å². The van der Waals surface area contributed by atoms with Crippen LogP contribution in [0.25, 0.3) is 0 Å². The number of ether oxygens (including phenoxy) is 1. The van der Waals surface area contributed by atoms with Crippen LogP contribution in [0.1, 0.15) is 40.7 Å². The van der Waals surface area contributed by atoms with Gasteiger partial charge in [0.25, 0.3) is 5.91 Å². The van der Waals surface area contributed by atoms with Gasteiger partial charge in [0.2, 0.25) is 5.91 Å². The zero-order valence-corrected chi connectivity index (χ0v) is 17.3. The number of nitrogens with zero attached hydrogens (tertiary/aromatic N) is 1. The summed E-state index contributed by atoms with van der Waals surface area (Å²) in [4.78, 5) is 26.4. The quantitative estimate of drug-likeness (QED) is 0.832. The number of fused-ring (bicyclic) bond motifs is 1. The molecule has 2 aliphatic heterocycles. The first-order valence-corrected chi connectivity index (χ1v) is 10.4. The van der Waals surface area contributed by atoms with Crippen molar-refractivity contribution in [2.45, 2.75) is 31.1 Å². The topological polar surface area (TPSA) is 58.6 Å². The zero-order valence-electron chi connectivity index (χ0n) is 16.5. The molecule has 1 saturated heterocycles.